The van der Waals surface area contributed by atoms with E-state index < -0.39 is 22.5 Å². The molecule has 0 bridgehead atoms. The normalized spacial score (nSPS) is 10.8. The molecule has 2 aromatic rings. The number of aryl methyl sites for hydroxylation is 2. The summed E-state index contributed by atoms with van der Waals surface area (Å²) in [6, 6.07) is 0. The maximum atomic E-state index is 12.4. The van der Waals surface area contributed by atoms with Crippen molar-refractivity contribution in [3.8, 4) is 0 Å². The van der Waals surface area contributed by atoms with Crippen LogP contribution in [-0.2, 0) is 17.9 Å². The number of hydrogen-bond donors (Lipinski definition) is 2. The maximum absolute atomic E-state index is 12.4. The first-order chi connectivity index (χ1) is 13.2. The van der Waals surface area contributed by atoms with E-state index in [0.29, 0.717) is 24.0 Å². The second kappa shape index (κ2) is 9.16. The Labute approximate surface area is 160 Å². The summed E-state index contributed by atoms with van der Waals surface area (Å²) < 4.78 is 2.69. The highest BCUT2D eigenvalue weighted by molar-refractivity contribution is 5.76. The highest BCUT2D eigenvalue weighted by Crippen LogP contribution is 2.00. The lowest BCUT2D eigenvalue weighted by molar-refractivity contribution is -0.131. The van der Waals surface area contributed by atoms with Crippen molar-refractivity contribution in [1.29, 1.82) is 0 Å². The Balaban J connectivity index is 2.15. The fraction of sp³-hybridized carbons (Fsp3) is 0.500. The first kappa shape index (κ1) is 21.1. The van der Waals surface area contributed by atoms with Crippen LogP contribution in [0.15, 0.2) is 31.6 Å². The van der Waals surface area contributed by atoms with Crippen LogP contribution >= 0.6 is 0 Å². The van der Waals surface area contributed by atoms with Crippen LogP contribution < -0.4 is 22.5 Å². The van der Waals surface area contributed by atoms with Gasteiger partial charge in [0.05, 0.1) is 0 Å². The third-order valence-corrected chi connectivity index (χ3v) is 4.42. The molecule has 2 heterocycles. The van der Waals surface area contributed by atoms with Crippen molar-refractivity contribution in [2.24, 2.45) is 0 Å². The Hall–Kier alpha value is -3.17. The van der Waals surface area contributed by atoms with E-state index in [1.165, 1.54) is 21.5 Å². The van der Waals surface area contributed by atoms with Crippen LogP contribution in [0.2, 0.25) is 0 Å². The third kappa shape index (κ3) is 5.18. The Morgan fingerprint density at radius 3 is 1.71 bits per heavy atom. The number of nitrogens with zero attached hydrogens (tertiary/aromatic N) is 3. The summed E-state index contributed by atoms with van der Waals surface area (Å²) >= 11 is 0. The van der Waals surface area contributed by atoms with Crippen LogP contribution in [-0.4, -0.2) is 43.0 Å². The molecule has 2 rings (SSSR count). The standard InChI is InChI=1S/C18H25N5O5/c1-4-5-14(24)21(6-8-22-10-12(2)15(25)19-17(22)27)7-9-23-11-13(3)16(26)20-18(23)28/h10-11H,4-9H2,1-3H3,(H,19,25,27)(H,20,26,28). The van der Waals surface area contributed by atoms with Crippen molar-refractivity contribution < 1.29 is 4.79 Å². The van der Waals surface area contributed by atoms with E-state index in [-0.39, 0.29) is 32.1 Å². The zero-order valence-corrected chi connectivity index (χ0v) is 16.3. The van der Waals surface area contributed by atoms with Gasteiger partial charge in [-0.1, -0.05) is 6.92 Å². The highest BCUT2D eigenvalue weighted by atomic mass is 16.2. The van der Waals surface area contributed by atoms with Crippen molar-refractivity contribution in [2.45, 2.75) is 46.7 Å². The summed E-state index contributed by atoms with van der Waals surface area (Å²) in [6.45, 7) is 6.01. The monoisotopic (exact) mass is 391 g/mol. The summed E-state index contributed by atoms with van der Waals surface area (Å²) in [5.41, 5.74) is -1.14. The van der Waals surface area contributed by atoms with Crippen LogP contribution in [0.1, 0.15) is 30.9 Å². The molecule has 152 valence electrons. The van der Waals surface area contributed by atoms with E-state index in [2.05, 4.69) is 9.97 Å². The number of nitrogens with one attached hydrogen (secondary N) is 2. The van der Waals surface area contributed by atoms with Crippen LogP contribution in [0.4, 0.5) is 0 Å². The number of amides is 1. The lowest BCUT2D eigenvalue weighted by Crippen LogP contribution is -2.40. The van der Waals surface area contributed by atoms with E-state index in [4.69, 9.17) is 0 Å². The molecule has 1 amide bonds. The lowest BCUT2D eigenvalue weighted by Gasteiger charge is -2.23. The zero-order chi connectivity index (χ0) is 20.8. The van der Waals surface area contributed by atoms with Gasteiger partial charge in [0.25, 0.3) is 11.1 Å². The molecule has 0 aliphatic carbocycles. The Kier molecular flexibility index (Phi) is 6.91. The minimum absolute atomic E-state index is 0.0918. The van der Waals surface area contributed by atoms with Gasteiger partial charge in [0, 0.05) is 56.1 Å². The van der Waals surface area contributed by atoms with Gasteiger partial charge in [-0.05, 0) is 20.3 Å². The SMILES string of the molecule is CCCC(=O)N(CCn1cc(C)c(=O)[nH]c1=O)CCn1cc(C)c(=O)[nH]c1=O. The number of carbonyl (C=O) groups is 1. The van der Waals surface area contributed by atoms with Gasteiger partial charge in [-0.25, -0.2) is 9.59 Å². The van der Waals surface area contributed by atoms with Crippen molar-refractivity contribution in [3.63, 3.8) is 0 Å². The molecule has 0 saturated carbocycles. The number of aromatic nitrogens is 4. The summed E-state index contributed by atoms with van der Waals surface area (Å²) in [5, 5.41) is 0. The molecule has 0 radical (unpaired) electrons. The van der Waals surface area contributed by atoms with Crippen molar-refractivity contribution in [3.05, 3.63) is 65.2 Å². The first-order valence-corrected chi connectivity index (χ1v) is 9.11. The topological polar surface area (TPSA) is 130 Å². The zero-order valence-electron chi connectivity index (χ0n) is 16.3. The first-order valence-electron chi connectivity index (χ1n) is 9.11. The second-order valence-corrected chi connectivity index (χ2v) is 6.66. The van der Waals surface area contributed by atoms with Crippen molar-refractivity contribution in [1.82, 2.24) is 24.0 Å². The summed E-state index contributed by atoms with van der Waals surface area (Å²) in [5.74, 6) is -0.0918. The largest absolute Gasteiger partial charge is 0.339 e. The predicted molar refractivity (Wildman–Crippen MR) is 104 cm³/mol. The lowest BCUT2D eigenvalue weighted by atomic mass is 10.3. The van der Waals surface area contributed by atoms with Crippen molar-refractivity contribution >= 4 is 5.91 Å². The van der Waals surface area contributed by atoms with Gasteiger partial charge in [0.15, 0.2) is 0 Å². The number of aromatic amines is 2. The molecule has 0 unspecified atom stereocenters. The minimum atomic E-state index is -0.536. The number of H-pyrrole nitrogens is 2. The van der Waals surface area contributed by atoms with Gasteiger partial charge >= 0.3 is 11.4 Å². The predicted octanol–water partition coefficient (Wildman–Crippen LogP) is -0.668. The van der Waals surface area contributed by atoms with Gasteiger partial charge in [-0.3, -0.25) is 33.5 Å². The molecule has 10 heteroatoms. The number of carbonyl (C=O) groups excluding carboxylic acids is 1. The Bertz CT molecular complexity index is 998. The summed E-state index contributed by atoms with van der Waals surface area (Å²) in [7, 11) is 0. The highest BCUT2D eigenvalue weighted by Gasteiger charge is 2.14. The molecule has 0 saturated heterocycles. The summed E-state index contributed by atoms with van der Waals surface area (Å²) in [4.78, 5) is 65.3. The van der Waals surface area contributed by atoms with E-state index in [0.717, 1.165) is 0 Å². The number of rotatable bonds is 8. The molecule has 28 heavy (non-hydrogen) atoms. The Morgan fingerprint density at radius 2 is 1.32 bits per heavy atom. The molecule has 2 aromatic heterocycles. The molecule has 0 aromatic carbocycles. The van der Waals surface area contributed by atoms with Crippen LogP contribution in [0.5, 0.6) is 0 Å². The van der Waals surface area contributed by atoms with Gasteiger partial charge < -0.3 is 4.90 Å². The van der Waals surface area contributed by atoms with Gasteiger partial charge in [-0.2, -0.15) is 0 Å². The molecule has 0 fully saturated rings. The van der Waals surface area contributed by atoms with Crippen LogP contribution in [0, 0.1) is 13.8 Å². The molecular formula is C18H25N5O5. The molecule has 2 N–H and O–H groups in total. The third-order valence-electron chi connectivity index (χ3n) is 4.42. The fourth-order valence-electron chi connectivity index (χ4n) is 2.76. The van der Waals surface area contributed by atoms with Crippen LogP contribution in [0.3, 0.4) is 0 Å². The second-order valence-electron chi connectivity index (χ2n) is 6.66. The van der Waals surface area contributed by atoms with E-state index in [1.54, 1.807) is 18.7 Å². The quantitative estimate of drug-likeness (QED) is 0.616. The minimum Gasteiger partial charge on any atom is -0.339 e. The molecule has 0 atom stereocenters. The smallest absolute Gasteiger partial charge is 0.328 e. The molecule has 10 nitrogen and oxygen atoms in total. The van der Waals surface area contributed by atoms with Gasteiger partial charge in [-0.15, -0.1) is 0 Å². The van der Waals surface area contributed by atoms with Gasteiger partial charge in [0.1, 0.15) is 0 Å². The molecule has 0 aliphatic heterocycles. The average Bonchev–Trinajstić information content (AvgIpc) is 2.63. The van der Waals surface area contributed by atoms with Crippen molar-refractivity contribution in [2.75, 3.05) is 13.1 Å². The van der Waals surface area contributed by atoms with Gasteiger partial charge in [0.2, 0.25) is 5.91 Å². The maximum Gasteiger partial charge on any atom is 0.328 e. The average molecular weight is 391 g/mol. The summed E-state index contributed by atoms with van der Waals surface area (Å²) in [6.07, 6.45) is 3.93. The Morgan fingerprint density at radius 1 is 0.893 bits per heavy atom. The fourth-order valence-corrected chi connectivity index (χ4v) is 2.76. The van der Waals surface area contributed by atoms with Crippen LogP contribution in [0.25, 0.3) is 0 Å². The molecule has 0 aliphatic rings. The number of hydrogen-bond acceptors (Lipinski definition) is 5. The van der Waals surface area contributed by atoms with E-state index in [1.807, 2.05) is 6.92 Å². The van der Waals surface area contributed by atoms with E-state index in [9.17, 15) is 24.0 Å². The molecule has 0 spiro atoms. The van der Waals surface area contributed by atoms with E-state index >= 15 is 0 Å². The molecular weight excluding hydrogens is 366 g/mol.